The number of carbonyl (C=O) groups excluding carboxylic acids is 1. The van der Waals surface area contributed by atoms with Crippen LogP contribution in [0.3, 0.4) is 0 Å². The van der Waals surface area contributed by atoms with Crippen molar-refractivity contribution in [2.75, 3.05) is 5.32 Å². The Morgan fingerprint density at radius 2 is 1.97 bits per heavy atom. The van der Waals surface area contributed by atoms with Crippen LogP contribution in [-0.2, 0) is 11.2 Å². The number of aryl methyl sites for hydroxylation is 1. The molecule has 1 amide bonds. The molecule has 2 aromatic carbocycles. The molecular weight excluding hydrogens is 458 g/mol. The summed E-state index contributed by atoms with van der Waals surface area (Å²) in [6, 6.07) is 14.6. The normalized spacial score (nSPS) is 10.8. The van der Waals surface area contributed by atoms with Gasteiger partial charge in [-0.3, -0.25) is 4.79 Å². The minimum atomic E-state index is -0.157. The molecule has 2 heterocycles. The van der Waals surface area contributed by atoms with E-state index in [9.17, 15) is 4.79 Å². The number of nitrogens with zero attached hydrogens (tertiary/aromatic N) is 4. The van der Waals surface area contributed by atoms with E-state index in [1.54, 1.807) is 23.0 Å². The lowest BCUT2D eigenvalue weighted by atomic mass is 10.2. The number of rotatable bonds is 6. The molecule has 0 fully saturated rings. The third kappa shape index (κ3) is 4.72. The SMILES string of the molecule is O=C(CCc1nc(-c2ccc(Cl)cc2)no1)Nc1ccccc1-n1cc(Br)cn1. The number of hydrogen-bond donors (Lipinski definition) is 1. The molecule has 0 spiro atoms. The zero-order valence-corrected chi connectivity index (χ0v) is 17.4. The number of amides is 1. The predicted octanol–water partition coefficient (Wildman–Crippen LogP) is 4.91. The monoisotopic (exact) mass is 471 g/mol. The lowest BCUT2D eigenvalue weighted by Crippen LogP contribution is -2.14. The first kappa shape index (κ1) is 19.4. The van der Waals surface area contributed by atoms with Crippen LogP contribution in [0.4, 0.5) is 5.69 Å². The first-order valence-electron chi connectivity index (χ1n) is 8.76. The van der Waals surface area contributed by atoms with Gasteiger partial charge in [-0.15, -0.1) is 0 Å². The molecule has 146 valence electrons. The van der Waals surface area contributed by atoms with Crippen LogP contribution in [0.15, 0.2) is 69.9 Å². The standard InChI is InChI=1S/C20H15BrClN5O2/c21-14-11-23-27(12-14)17-4-2-1-3-16(17)24-18(28)9-10-19-25-20(26-29-19)13-5-7-15(22)8-6-13/h1-8,11-12H,9-10H2,(H,24,28). The van der Waals surface area contributed by atoms with E-state index in [1.807, 2.05) is 42.6 Å². The Balaban J connectivity index is 1.40. The van der Waals surface area contributed by atoms with Crippen LogP contribution >= 0.6 is 27.5 Å². The number of para-hydroxylation sites is 2. The van der Waals surface area contributed by atoms with E-state index in [0.29, 0.717) is 28.8 Å². The highest BCUT2D eigenvalue weighted by Crippen LogP contribution is 2.22. The van der Waals surface area contributed by atoms with Crippen molar-refractivity contribution < 1.29 is 9.32 Å². The van der Waals surface area contributed by atoms with Crippen molar-refractivity contribution in [2.45, 2.75) is 12.8 Å². The van der Waals surface area contributed by atoms with Gasteiger partial charge in [-0.25, -0.2) is 4.68 Å². The Kier molecular flexibility index (Phi) is 5.73. The van der Waals surface area contributed by atoms with Gasteiger partial charge in [0.25, 0.3) is 0 Å². The first-order valence-corrected chi connectivity index (χ1v) is 9.93. The molecule has 4 rings (SSSR count). The van der Waals surface area contributed by atoms with Gasteiger partial charge >= 0.3 is 0 Å². The topological polar surface area (TPSA) is 85.8 Å². The van der Waals surface area contributed by atoms with Crippen molar-refractivity contribution in [3.05, 3.63) is 76.3 Å². The Morgan fingerprint density at radius 1 is 1.17 bits per heavy atom. The highest BCUT2D eigenvalue weighted by Gasteiger charge is 2.13. The smallest absolute Gasteiger partial charge is 0.227 e. The van der Waals surface area contributed by atoms with Crippen LogP contribution < -0.4 is 5.32 Å². The predicted molar refractivity (Wildman–Crippen MR) is 113 cm³/mol. The van der Waals surface area contributed by atoms with Gasteiger partial charge < -0.3 is 9.84 Å². The molecule has 0 bridgehead atoms. The molecule has 0 aliphatic heterocycles. The van der Waals surface area contributed by atoms with Crippen LogP contribution in [0.2, 0.25) is 5.02 Å². The maximum atomic E-state index is 12.4. The van der Waals surface area contributed by atoms with E-state index in [1.165, 1.54) is 0 Å². The number of carbonyl (C=O) groups is 1. The summed E-state index contributed by atoms with van der Waals surface area (Å²) in [6.07, 6.45) is 4.05. The molecule has 2 aromatic heterocycles. The zero-order chi connectivity index (χ0) is 20.2. The summed E-state index contributed by atoms with van der Waals surface area (Å²) in [4.78, 5) is 16.8. The second-order valence-corrected chi connectivity index (χ2v) is 7.54. The lowest BCUT2D eigenvalue weighted by molar-refractivity contribution is -0.116. The number of benzene rings is 2. The summed E-state index contributed by atoms with van der Waals surface area (Å²) >= 11 is 9.27. The highest BCUT2D eigenvalue weighted by molar-refractivity contribution is 9.10. The van der Waals surface area contributed by atoms with Crippen molar-refractivity contribution in [2.24, 2.45) is 0 Å². The molecule has 29 heavy (non-hydrogen) atoms. The second kappa shape index (κ2) is 8.59. The van der Waals surface area contributed by atoms with Gasteiger partial charge in [-0.05, 0) is 52.3 Å². The van der Waals surface area contributed by atoms with Gasteiger partial charge in [0.05, 0.1) is 22.0 Å². The first-order chi connectivity index (χ1) is 14.1. The number of aromatic nitrogens is 4. The summed E-state index contributed by atoms with van der Waals surface area (Å²) < 4.78 is 7.80. The van der Waals surface area contributed by atoms with E-state index >= 15 is 0 Å². The van der Waals surface area contributed by atoms with Crippen LogP contribution in [-0.4, -0.2) is 25.8 Å². The molecule has 4 aromatic rings. The average Bonchev–Trinajstić information content (AvgIpc) is 3.37. The third-order valence-electron chi connectivity index (χ3n) is 4.11. The Morgan fingerprint density at radius 3 is 2.72 bits per heavy atom. The average molecular weight is 473 g/mol. The van der Waals surface area contributed by atoms with Crippen LogP contribution in [0.1, 0.15) is 12.3 Å². The molecule has 0 aliphatic carbocycles. The maximum Gasteiger partial charge on any atom is 0.227 e. The molecule has 1 N–H and O–H groups in total. The number of halogens is 2. The van der Waals surface area contributed by atoms with Crippen LogP contribution in [0.5, 0.6) is 0 Å². The largest absolute Gasteiger partial charge is 0.339 e. The van der Waals surface area contributed by atoms with Gasteiger partial charge in [-0.2, -0.15) is 10.1 Å². The number of hydrogen-bond acceptors (Lipinski definition) is 5. The van der Waals surface area contributed by atoms with Crippen molar-refractivity contribution >= 4 is 39.1 Å². The molecule has 0 unspecified atom stereocenters. The molecule has 0 atom stereocenters. The summed E-state index contributed by atoms with van der Waals surface area (Å²) in [5, 5.41) is 11.8. The fourth-order valence-corrected chi connectivity index (χ4v) is 3.13. The summed E-state index contributed by atoms with van der Waals surface area (Å²) in [5.74, 6) is 0.705. The van der Waals surface area contributed by atoms with Crippen LogP contribution in [0, 0.1) is 0 Å². The molecular formula is C20H15BrClN5O2. The van der Waals surface area contributed by atoms with Crippen molar-refractivity contribution in [1.29, 1.82) is 0 Å². The fourth-order valence-electron chi connectivity index (χ4n) is 2.72. The minimum absolute atomic E-state index is 0.157. The Labute approximate surface area is 179 Å². The molecule has 0 aliphatic rings. The van der Waals surface area contributed by atoms with Gasteiger partial charge in [-0.1, -0.05) is 28.9 Å². The van der Waals surface area contributed by atoms with Gasteiger partial charge in [0.15, 0.2) is 0 Å². The number of anilines is 1. The quantitative estimate of drug-likeness (QED) is 0.431. The summed E-state index contributed by atoms with van der Waals surface area (Å²) in [7, 11) is 0. The van der Waals surface area contributed by atoms with Crippen molar-refractivity contribution in [1.82, 2.24) is 19.9 Å². The van der Waals surface area contributed by atoms with Gasteiger partial charge in [0, 0.05) is 29.6 Å². The minimum Gasteiger partial charge on any atom is -0.339 e. The van der Waals surface area contributed by atoms with E-state index < -0.39 is 0 Å². The van der Waals surface area contributed by atoms with Gasteiger partial charge in [0.2, 0.25) is 17.6 Å². The molecule has 7 nitrogen and oxygen atoms in total. The van der Waals surface area contributed by atoms with Crippen molar-refractivity contribution in [3.8, 4) is 17.1 Å². The van der Waals surface area contributed by atoms with Gasteiger partial charge in [0.1, 0.15) is 0 Å². The second-order valence-electron chi connectivity index (χ2n) is 6.19. The fraction of sp³-hybridized carbons (Fsp3) is 0.100. The molecule has 0 saturated heterocycles. The van der Waals surface area contributed by atoms with E-state index in [2.05, 4.69) is 36.5 Å². The lowest BCUT2D eigenvalue weighted by Gasteiger charge is -2.10. The van der Waals surface area contributed by atoms with E-state index in [4.69, 9.17) is 16.1 Å². The summed E-state index contributed by atoms with van der Waals surface area (Å²) in [5.41, 5.74) is 2.24. The third-order valence-corrected chi connectivity index (χ3v) is 4.77. The molecule has 0 saturated carbocycles. The Hall–Kier alpha value is -2.97. The molecule has 9 heteroatoms. The Bertz CT molecular complexity index is 1140. The highest BCUT2D eigenvalue weighted by atomic mass is 79.9. The molecule has 0 radical (unpaired) electrons. The van der Waals surface area contributed by atoms with Crippen molar-refractivity contribution in [3.63, 3.8) is 0 Å². The maximum absolute atomic E-state index is 12.4. The van der Waals surface area contributed by atoms with Crippen LogP contribution in [0.25, 0.3) is 17.1 Å². The summed E-state index contributed by atoms with van der Waals surface area (Å²) in [6.45, 7) is 0. The number of nitrogens with one attached hydrogen (secondary N) is 1. The van der Waals surface area contributed by atoms with E-state index in [0.717, 1.165) is 15.7 Å². The van der Waals surface area contributed by atoms with E-state index in [-0.39, 0.29) is 12.3 Å². The zero-order valence-electron chi connectivity index (χ0n) is 15.0.